The number of halogens is 1. The highest BCUT2D eigenvalue weighted by molar-refractivity contribution is 7.98. The number of hydrogen-bond acceptors (Lipinski definition) is 5. The molecular formula is C24H19FN2O4S. The first-order valence-electron chi connectivity index (χ1n) is 9.63. The van der Waals surface area contributed by atoms with Crippen molar-refractivity contribution in [3.05, 3.63) is 89.4 Å². The second-order valence-corrected chi connectivity index (χ2v) is 7.97. The maximum atomic E-state index is 13.0. The Balaban J connectivity index is 1.50. The highest BCUT2D eigenvalue weighted by Crippen LogP contribution is 2.33. The van der Waals surface area contributed by atoms with E-state index in [9.17, 15) is 14.0 Å². The van der Waals surface area contributed by atoms with Crippen LogP contribution < -0.4 is 15.8 Å². The average Bonchev–Trinajstić information content (AvgIpc) is 3.16. The van der Waals surface area contributed by atoms with E-state index in [1.807, 2.05) is 12.1 Å². The van der Waals surface area contributed by atoms with Crippen molar-refractivity contribution >= 4 is 40.2 Å². The van der Waals surface area contributed by atoms with E-state index in [0.717, 1.165) is 10.5 Å². The molecule has 8 heteroatoms. The number of benzene rings is 3. The zero-order chi connectivity index (χ0) is 22.7. The van der Waals surface area contributed by atoms with Gasteiger partial charge >= 0.3 is 0 Å². The van der Waals surface area contributed by atoms with Gasteiger partial charge in [-0.2, -0.15) is 0 Å². The number of rotatable bonds is 7. The van der Waals surface area contributed by atoms with Gasteiger partial charge in [-0.3, -0.25) is 9.59 Å². The van der Waals surface area contributed by atoms with Gasteiger partial charge in [-0.05, 0) is 54.1 Å². The van der Waals surface area contributed by atoms with Crippen LogP contribution in [0.15, 0.2) is 76.0 Å². The lowest BCUT2D eigenvalue weighted by Gasteiger charge is -2.07. The highest BCUT2D eigenvalue weighted by atomic mass is 32.2. The average molecular weight is 450 g/mol. The molecule has 4 rings (SSSR count). The van der Waals surface area contributed by atoms with E-state index in [1.54, 1.807) is 54.2 Å². The predicted octanol–water partition coefficient (Wildman–Crippen LogP) is 5.22. The number of ether oxygens (including phenoxy) is 1. The van der Waals surface area contributed by atoms with Crippen molar-refractivity contribution in [3.63, 3.8) is 0 Å². The molecule has 0 radical (unpaired) electrons. The largest absolute Gasteiger partial charge is 0.497 e. The molecule has 1 aromatic heterocycles. The second-order valence-electron chi connectivity index (χ2n) is 6.93. The van der Waals surface area contributed by atoms with Crippen LogP contribution in [0.4, 0.5) is 10.1 Å². The van der Waals surface area contributed by atoms with Gasteiger partial charge in [0, 0.05) is 27.7 Å². The summed E-state index contributed by atoms with van der Waals surface area (Å²) in [6.07, 6.45) is 0. The number of methoxy groups -OCH3 is 1. The van der Waals surface area contributed by atoms with Crippen molar-refractivity contribution in [3.8, 4) is 5.75 Å². The van der Waals surface area contributed by atoms with Crippen LogP contribution in [-0.2, 0) is 5.75 Å². The maximum Gasteiger partial charge on any atom is 0.286 e. The van der Waals surface area contributed by atoms with Crippen LogP contribution in [0.25, 0.3) is 11.0 Å². The van der Waals surface area contributed by atoms with Crippen molar-refractivity contribution < 1.29 is 23.1 Å². The van der Waals surface area contributed by atoms with Gasteiger partial charge in [-0.15, -0.1) is 11.8 Å². The van der Waals surface area contributed by atoms with Gasteiger partial charge in [0.05, 0.1) is 7.11 Å². The molecule has 0 bridgehead atoms. The van der Waals surface area contributed by atoms with Crippen molar-refractivity contribution in [2.24, 2.45) is 5.73 Å². The molecule has 0 fully saturated rings. The van der Waals surface area contributed by atoms with Crippen LogP contribution in [0.2, 0.25) is 0 Å². The van der Waals surface area contributed by atoms with Crippen molar-refractivity contribution in [2.45, 2.75) is 10.6 Å². The number of thioether (sulfide) groups is 1. The molecule has 32 heavy (non-hydrogen) atoms. The minimum absolute atomic E-state index is 0.131. The predicted molar refractivity (Wildman–Crippen MR) is 122 cm³/mol. The van der Waals surface area contributed by atoms with Crippen LogP contribution in [0.1, 0.15) is 26.5 Å². The normalized spacial score (nSPS) is 10.8. The van der Waals surface area contributed by atoms with Gasteiger partial charge in [0.1, 0.15) is 22.8 Å². The summed E-state index contributed by atoms with van der Waals surface area (Å²) >= 11 is 1.57. The zero-order valence-electron chi connectivity index (χ0n) is 17.1. The number of primary amides is 1. The zero-order valence-corrected chi connectivity index (χ0v) is 17.9. The van der Waals surface area contributed by atoms with Crippen LogP contribution in [0, 0.1) is 5.82 Å². The molecule has 3 N–H and O–H groups in total. The van der Waals surface area contributed by atoms with Crippen molar-refractivity contribution in [1.29, 1.82) is 0 Å². The molecule has 0 aliphatic carbocycles. The van der Waals surface area contributed by atoms with Crippen molar-refractivity contribution in [1.82, 2.24) is 0 Å². The molecule has 0 saturated carbocycles. The number of nitrogens with two attached hydrogens (primary N) is 1. The first-order valence-corrected chi connectivity index (χ1v) is 10.6. The van der Waals surface area contributed by atoms with Gasteiger partial charge in [-0.1, -0.05) is 12.1 Å². The summed E-state index contributed by atoms with van der Waals surface area (Å²) in [5.74, 6) is -0.364. The Kier molecular flexibility index (Phi) is 6.13. The summed E-state index contributed by atoms with van der Waals surface area (Å²) in [6.45, 7) is 0. The van der Waals surface area contributed by atoms with Crippen molar-refractivity contribution in [2.75, 3.05) is 12.4 Å². The smallest absolute Gasteiger partial charge is 0.286 e. The quantitative estimate of drug-likeness (QED) is 0.376. The summed E-state index contributed by atoms with van der Waals surface area (Å²) in [6, 6.07) is 18.4. The number of fused-ring (bicyclic) bond motifs is 1. The Morgan fingerprint density at radius 1 is 1.06 bits per heavy atom. The summed E-state index contributed by atoms with van der Waals surface area (Å²) < 4.78 is 23.7. The monoisotopic (exact) mass is 450 g/mol. The Labute approximate surface area is 187 Å². The minimum Gasteiger partial charge on any atom is -0.497 e. The van der Waals surface area contributed by atoms with Crippen LogP contribution in [0.3, 0.4) is 0 Å². The van der Waals surface area contributed by atoms with E-state index in [2.05, 4.69) is 5.32 Å². The first-order chi connectivity index (χ1) is 15.4. The third-order valence-electron chi connectivity index (χ3n) is 4.79. The fourth-order valence-corrected chi connectivity index (χ4v) is 3.99. The Hall–Kier alpha value is -3.78. The van der Waals surface area contributed by atoms with Crippen LogP contribution in [0.5, 0.6) is 5.75 Å². The summed E-state index contributed by atoms with van der Waals surface area (Å²) in [5.41, 5.74) is 7.45. The van der Waals surface area contributed by atoms with Gasteiger partial charge in [0.2, 0.25) is 5.76 Å². The SMILES string of the molecule is COc1ccc2c(NC(=O)c3ccc(CSc4ccc(F)cc4)cc3)c(C(N)=O)oc2c1. The highest BCUT2D eigenvalue weighted by Gasteiger charge is 2.21. The van der Waals surface area contributed by atoms with E-state index < -0.39 is 11.8 Å². The third kappa shape index (κ3) is 4.60. The minimum atomic E-state index is -0.788. The molecule has 0 saturated heterocycles. The van der Waals surface area contributed by atoms with Crippen LogP contribution >= 0.6 is 11.8 Å². The lowest BCUT2D eigenvalue weighted by atomic mass is 10.1. The fourth-order valence-electron chi connectivity index (χ4n) is 3.14. The topological polar surface area (TPSA) is 94.6 Å². The molecule has 2 amide bonds. The summed E-state index contributed by atoms with van der Waals surface area (Å²) in [5, 5.41) is 3.28. The Morgan fingerprint density at radius 2 is 1.78 bits per heavy atom. The molecular weight excluding hydrogens is 431 g/mol. The molecule has 0 aliphatic heterocycles. The number of carbonyl (C=O) groups is 2. The standard InChI is InChI=1S/C24H19FN2O4S/c1-30-17-8-11-19-20(12-17)31-22(23(26)28)21(19)27-24(29)15-4-2-14(3-5-15)13-32-18-9-6-16(25)7-10-18/h2-12H,13H2,1H3,(H2,26,28)(H,27,29). The molecule has 0 atom stereocenters. The summed E-state index contributed by atoms with van der Waals surface area (Å²) in [4.78, 5) is 25.6. The molecule has 0 spiro atoms. The molecule has 1 heterocycles. The number of carbonyl (C=O) groups excluding carboxylic acids is 2. The lowest BCUT2D eigenvalue weighted by Crippen LogP contribution is -2.17. The first kappa shape index (κ1) is 21.5. The molecule has 162 valence electrons. The molecule has 3 aromatic carbocycles. The number of anilines is 1. The van der Waals surface area contributed by atoms with E-state index >= 15 is 0 Å². The Morgan fingerprint density at radius 3 is 2.44 bits per heavy atom. The molecule has 6 nitrogen and oxygen atoms in total. The third-order valence-corrected chi connectivity index (χ3v) is 5.88. The molecule has 0 unspecified atom stereocenters. The van der Waals surface area contributed by atoms with E-state index in [-0.39, 0.29) is 17.3 Å². The number of hydrogen-bond donors (Lipinski definition) is 2. The van der Waals surface area contributed by atoms with E-state index in [4.69, 9.17) is 14.9 Å². The lowest BCUT2D eigenvalue weighted by molar-refractivity contribution is 0.0977. The van der Waals surface area contributed by atoms with Gasteiger partial charge in [0.15, 0.2) is 0 Å². The summed E-state index contributed by atoms with van der Waals surface area (Å²) in [7, 11) is 1.52. The second kappa shape index (κ2) is 9.15. The van der Waals surface area contributed by atoms with Gasteiger partial charge in [-0.25, -0.2) is 4.39 Å². The van der Waals surface area contributed by atoms with Gasteiger partial charge in [0.25, 0.3) is 11.8 Å². The molecule has 4 aromatic rings. The van der Waals surface area contributed by atoms with E-state index in [1.165, 1.54) is 19.2 Å². The number of amides is 2. The van der Waals surface area contributed by atoms with E-state index in [0.29, 0.717) is 28.0 Å². The van der Waals surface area contributed by atoms with Gasteiger partial charge < -0.3 is 20.2 Å². The fraction of sp³-hybridized carbons (Fsp3) is 0.0833. The number of furan rings is 1. The Bertz CT molecular complexity index is 1280. The maximum absolute atomic E-state index is 13.0. The molecule has 0 aliphatic rings. The van der Waals surface area contributed by atoms with Crippen LogP contribution in [-0.4, -0.2) is 18.9 Å². The number of nitrogens with one attached hydrogen (secondary N) is 1.